The summed E-state index contributed by atoms with van der Waals surface area (Å²) in [6, 6.07) is 28.0. The Labute approximate surface area is 250 Å². The summed E-state index contributed by atoms with van der Waals surface area (Å²) in [6.07, 6.45) is 1.54. The first-order valence-electron chi connectivity index (χ1n) is 13.7. The molecule has 3 aliphatic carbocycles. The number of benzene rings is 4. The van der Waals surface area contributed by atoms with Crippen molar-refractivity contribution < 1.29 is 19.3 Å². The maximum absolute atomic E-state index is 14.4. The summed E-state index contributed by atoms with van der Waals surface area (Å²) in [4.78, 5) is 53.1. The van der Waals surface area contributed by atoms with E-state index in [0.29, 0.717) is 16.3 Å². The van der Waals surface area contributed by atoms with Crippen LogP contribution in [0.5, 0.6) is 0 Å². The average molecular weight is 591 g/mol. The van der Waals surface area contributed by atoms with Crippen molar-refractivity contribution in [2.75, 3.05) is 4.90 Å². The van der Waals surface area contributed by atoms with Crippen molar-refractivity contribution in [3.8, 4) is 0 Å². The Morgan fingerprint density at radius 1 is 0.907 bits per heavy atom. The highest BCUT2D eigenvalue weighted by Crippen LogP contribution is 2.63. The zero-order valence-electron chi connectivity index (χ0n) is 22.5. The molecule has 43 heavy (non-hydrogen) atoms. The number of amides is 3. The second-order valence-electron chi connectivity index (χ2n) is 10.9. The van der Waals surface area contributed by atoms with E-state index in [1.54, 1.807) is 30.5 Å². The van der Waals surface area contributed by atoms with E-state index in [9.17, 15) is 24.5 Å². The number of carbonyl (C=O) groups excluding carboxylic acids is 3. The highest BCUT2D eigenvalue weighted by molar-refractivity contribution is 6.36. The van der Waals surface area contributed by atoms with E-state index in [1.165, 1.54) is 29.2 Å². The van der Waals surface area contributed by atoms with Gasteiger partial charge in [-0.25, -0.2) is 10.3 Å². The smallest absolute Gasteiger partial charge is 0.269 e. The number of para-hydroxylation sites is 1. The van der Waals surface area contributed by atoms with E-state index in [-0.39, 0.29) is 29.8 Å². The van der Waals surface area contributed by atoms with Gasteiger partial charge in [-0.2, -0.15) is 5.10 Å². The first-order chi connectivity index (χ1) is 20.8. The summed E-state index contributed by atoms with van der Waals surface area (Å²) in [5.41, 5.74) is 5.88. The Kier molecular flexibility index (Phi) is 6.21. The molecule has 0 spiro atoms. The summed E-state index contributed by atoms with van der Waals surface area (Å²) in [5, 5.41) is 15.6. The molecule has 1 aliphatic heterocycles. The second-order valence-corrected chi connectivity index (χ2v) is 11.3. The molecule has 1 N–H and O–H groups in total. The van der Waals surface area contributed by atoms with Gasteiger partial charge in [0.2, 0.25) is 17.7 Å². The molecule has 1 heterocycles. The molecule has 0 radical (unpaired) electrons. The Morgan fingerprint density at radius 2 is 1.51 bits per heavy atom. The summed E-state index contributed by atoms with van der Waals surface area (Å²) in [5.74, 6) is -2.99. The van der Waals surface area contributed by atoms with Gasteiger partial charge in [0.05, 0.1) is 39.3 Å². The number of carbonyl (C=O) groups is 3. The van der Waals surface area contributed by atoms with Crippen molar-refractivity contribution in [1.82, 2.24) is 5.43 Å². The minimum atomic E-state index is -1.14. The Morgan fingerprint density at radius 3 is 2.14 bits per heavy atom. The molecule has 8 rings (SSSR count). The first-order valence-corrected chi connectivity index (χ1v) is 14.1. The maximum Gasteiger partial charge on any atom is 0.269 e. The number of hydrogen-bond donors (Lipinski definition) is 1. The van der Waals surface area contributed by atoms with E-state index < -0.39 is 28.1 Å². The Hall–Kier alpha value is -5.15. The van der Waals surface area contributed by atoms with Crippen LogP contribution >= 0.6 is 11.6 Å². The molecule has 4 aromatic rings. The highest BCUT2D eigenvalue weighted by Gasteiger charge is 2.68. The molecular weight excluding hydrogens is 568 g/mol. The third-order valence-electron chi connectivity index (χ3n) is 8.75. The molecule has 1 saturated heterocycles. The van der Waals surface area contributed by atoms with Crippen molar-refractivity contribution in [1.29, 1.82) is 0 Å². The van der Waals surface area contributed by atoms with Gasteiger partial charge < -0.3 is 0 Å². The standard InChI is InChI=1S/C33H23ClN4O5/c34-25-11-5-6-12-26(25)37-31(40)29-28-21-7-1-3-9-23(21)33(30(29)32(37)41,24-10-4-2-8-22(24)28)18-35-36-27(39)17-19-13-15-20(16-14-19)38(42)43/h1-16,18,28-30H,17H2,(H,36,39)/b35-18-/t28?,29-,30+,33?/m0/s1. The van der Waals surface area contributed by atoms with Gasteiger partial charge in [0.15, 0.2) is 0 Å². The molecule has 2 atom stereocenters. The summed E-state index contributed by atoms with van der Waals surface area (Å²) >= 11 is 6.49. The molecule has 4 aliphatic rings. The van der Waals surface area contributed by atoms with Crippen LogP contribution in [0.4, 0.5) is 11.4 Å². The maximum atomic E-state index is 14.4. The van der Waals surface area contributed by atoms with Gasteiger partial charge in [0.25, 0.3) is 5.69 Å². The van der Waals surface area contributed by atoms with Gasteiger partial charge in [-0.15, -0.1) is 0 Å². The van der Waals surface area contributed by atoms with Crippen LogP contribution in [0.2, 0.25) is 5.02 Å². The normalized spacial score (nSPS) is 23.2. The number of imide groups is 1. The zero-order valence-corrected chi connectivity index (χ0v) is 23.3. The van der Waals surface area contributed by atoms with Crippen LogP contribution in [0.15, 0.2) is 102 Å². The van der Waals surface area contributed by atoms with Crippen LogP contribution in [0, 0.1) is 22.0 Å². The number of hydrogen-bond acceptors (Lipinski definition) is 6. The Bertz CT molecular complexity index is 1820. The largest absolute Gasteiger partial charge is 0.274 e. The van der Waals surface area contributed by atoms with Crippen LogP contribution < -0.4 is 10.3 Å². The number of rotatable bonds is 6. The van der Waals surface area contributed by atoms with Crippen molar-refractivity contribution in [2.24, 2.45) is 16.9 Å². The lowest BCUT2D eigenvalue weighted by molar-refractivity contribution is -0.384. The lowest BCUT2D eigenvalue weighted by atomic mass is 9.47. The van der Waals surface area contributed by atoms with Crippen LogP contribution in [0.25, 0.3) is 0 Å². The fourth-order valence-electron chi connectivity index (χ4n) is 7.09. The highest BCUT2D eigenvalue weighted by atomic mass is 35.5. The van der Waals surface area contributed by atoms with E-state index in [1.807, 2.05) is 48.5 Å². The third-order valence-corrected chi connectivity index (χ3v) is 9.07. The first kappa shape index (κ1) is 26.7. The van der Waals surface area contributed by atoms with E-state index in [0.717, 1.165) is 22.3 Å². The van der Waals surface area contributed by atoms with Crippen LogP contribution in [-0.2, 0) is 26.2 Å². The fourth-order valence-corrected chi connectivity index (χ4v) is 7.31. The zero-order chi connectivity index (χ0) is 29.9. The SMILES string of the molecule is O=C(Cc1ccc([N+](=O)[O-])cc1)N/N=C\C12c3ccccc3C(c3ccccc31)[C@@H]1C(=O)N(c3ccccc3Cl)C(=O)[C@@H]12. The molecule has 0 saturated carbocycles. The number of non-ortho nitro benzene ring substituents is 1. The second kappa shape index (κ2) is 9.99. The van der Waals surface area contributed by atoms with E-state index in [4.69, 9.17) is 11.6 Å². The Balaban J connectivity index is 1.31. The monoisotopic (exact) mass is 590 g/mol. The topological polar surface area (TPSA) is 122 Å². The molecule has 9 nitrogen and oxygen atoms in total. The molecule has 4 aromatic carbocycles. The van der Waals surface area contributed by atoms with Crippen LogP contribution in [0.3, 0.4) is 0 Å². The van der Waals surface area contributed by atoms with E-state index >= 15 is 0 Å². The van der Waals surface area contributed by atoms with Gasteiger partial charge in [-0.1, -0.05) is 84.4 Å². The predicted octanol–water partition coefficient (Wildman–Crippen LogP) is 5.14. The number of nitrogens with zero attached hydrogens (tertiary/aromatic N) is 3. The number of anilines is 1. The summed E-state index contributed by atoms with van der Waals surface area (Å²) < 4.78 is 0. The molecule has 10 heteroatoms. The fraction of sp³-hybridized carbons (Fsp3) is 0.152. The van der Waals surface area contributed by atoms with Gasteiger partial charge in [-0.05, 0) is 39.9 Å². The molecule has 3 amide bonds. The average Bonchev–Trinajstić information content (AvgIpc) is 3.28. The molecule has 212 valence electrons. The third kappa shape index (κ3) is 3.92. The molecule has 0 unspecified atom stereocenters. The van der Waals surface area contributed by atoms with Crippen molar-refractivity contribution in [3.05, 3.63) is 140 Å². The van der Waals surface area contributed by atoms with Crippen LogP contribution in [0.1, 0.15) is 33.7 Å². The number of nitro groups is 1. The number of nitrogens with one attached hydrogen (secondary N) is 1. The van der Waals surface area contributed by atoms with E-state index in [2.05, 4.69) is 10.5 Å². The molecule has 1 fully saturated rings. The number of hydrazone groups is 1. The van der Waals surface area contributed by atoms with Gasteiger partial charge in [0, 0.05) is 24.3 Å². The summed E-state index contributed by atoms with van der Waals surface area (Å²) in [6.45, 7) is 0. The molecular formula is C33H23ClN4O5. The van der Waals surface area contributed by atoms with Gasteiger partial charge >= 0.3 is 0 Å². The minimum Gasteiger partial charge on any atom is -0.274 e. The molecule has 0 aromatic heterocycles. The van der Waals surface area contributed by atoms with Gasteiger partial charge in [0.1, 0.15) is 0 Å². The lowest BCUT2D eigenvalue weighted by Gasteiger charge is -2.52. The number of halogens is 1. The van der Waals surface area contributed by atoms with Crippen molar-refractivity contribution in [2.45, 2.75) is 17.8 Å². The van der Waals surface area contributed by atoms with Gasteiger partial charge in [-0.3, -0.25) is 24.5 Å². The van der Waals surface area contributed by atoms with Crippen LogP contribution in [-0.4, -0.2) is 28.9 Å². The minimum absolute atomic E-state index is 0.0542. The predicted molar refractivity (Wildman–Crippen MR) is 160 cm³/mol. The quantitative estimate of drug-likeness (QED) is 0.144. The number of nitro benzene ring substituents is 1. The summed E-state index contributed by atoms with van der Waals surface area (Å²) in [7, 11) is 0. The van der Waals surface area contributed by atoms with Crippen molar-refractivity contribution >= 4 is 46.9 Å². The molecule has 2 bridgehead atoms. The lowest BCUT2D eigenvalue weighted by Crippen LogP contribution is -2.54. The van der Waals surface area contributed by atoms with Crippen molar-refractivity contribution in [3.63, 3.8) is 0 Å².